The van der Waals surface area contributed by atoms with E-state index >= 15 is 0 Å². The number of piperidine rings is 1. The van der Waals surface area contributed by atoms with E-state index < -0.39 is 5.95 Å². The van der Waals surface area contributed by atoms with Gasteiger partial charge in [-0.2, -0.15) is 9.37 Å². The van der Waals surface area contributed by atoms with Gasteiger partial charge in [-0.1, -0.05) is 19.0 Å². The van der Waals surface area contributed by atoms with Crippen LogP contribution in [0.1, 0.15) is 57.0 Å². The molecule has 0 aromatic carbocycles. The van der Waals surface area contributed by atoms with Crippen molar-refractivity contribution in [2.24, 2.45) is 16.0 Å². The second-order valence-electron chi connectivity index (χ2n) is 8.95. The first-order valence-electron chi connectivity index (χ1n) is 11.5. The van der Waals surface area contributed by atoms with Crippen LogP contribution < -0.4 is 4.90 Å². The summed E-state index contributed by atoms with van der Waals surface area (Å²) in [6, 6.07) is 3.89. The average molecular weight is 506 g/mol. The van der Waals surface area contributed by atoms with E-state index in [1.165, 1.54) is 23.5 Å². The maximum Gasteiger partial charge on any atom is 0.324 e. The van der Waals surface area contributed by atoms with Crippen LogP contribution in [0.25, 0.3) is 0 Å². The van der Waals surface area contributed by atoms with Crippen molar-refractivity contribution < 1.29 is 13.7 Å². The van der Waals surface area contributed by atoms with E-state index in [-0.39, 0.29) is 18.1 Å². The highest BCUT2D eigenvalue weighted by atomic mass is 32.2. The standard InChI is InChI=1S/C22H28FN7O2S2/c1-12(2)19-26-20(32-28-19)29-9-7-14(8-10-29)13(3)31-22-27-30-11-16(24-21(30)34-22)15-5-6-17(33-4)25-18(15)23/h5-6,12-14,16H,7-11H2,1-4H3/t13-,16?/m0/s1. The first-order chi connectivity index (χ1) is 16.4. The molecule has 0 radical (unpaired) electrons. The van der Waals surface area contributed by atoms with Gasteiger partial charge in [0, 0.05) is 36.3 Å². The fraction of sp³-hybridized carbons (Fsp3) is 0.591. The molecule has 2 aromatic heterocycles. The van der Waals surface area contributed by atoms with Crippen LogP contribution in [-0.4, -0.2) is 62.5 Å². The summed E-state index contributed by atoms with van der Waals surface area (Å²) in [6.07, 6.45) is 3.85. The number of hydrogen-bond donors (Lipinski definition) is 0. The average Bonchev–Trinajstić information content (AvgIpc) is 3.54. The number of hydrogen-bond acceptors (Lipinski definition) is 11. The second kappa shape index (κ2) is 9.73. The third-order valence-corrected chi connectivity index (χ3v) is 7.84. The quantitative estimate of drug-likeness (QED) is 0.415. The highest BCUT2D eigenvalue weighted by Crippen LogP contribution is 2.36. The SMILES string of the molecule is CSc1ccc(C2CN3N=C(O[C@@H](C)C4CCN(c5nc(C(C)C)no5)CC4)SC3=N2)c(F)n1. The van der Waals surface area contributed by atoms with Gasteiger partial charge in [-0.25, -0.2) is 9.99 Å². The van der Waals surface area contributed by atoms with Gasteiger partial charge in [0.2, 0.25) is 5.95 Å². The summed E-state index contributed by atoms with van der Waals surface area (Å²) < 4.78 is 26.0. The number of thioether (sulfide) groups is 2. The van der Waals surface area contributed by atoms with Crippen LogP contribution in [-0.2, 0) is 4.74 Å². The summed E-state index contributed by atoms with van der Waals surface area (Å²) in [5.41, 5.74) is 0.500. The molecule has 34 heavy (non-hydrogen) atoms. The number of fused-ring (bicyclic) bond motifs is 1. The largest absolute Gasteiger partial charge is 0.468 e. The molecule has 2 atom stereocenters. The normalized spacial score (nSPS) is 21.6. The summed E-state index contributed by atoms with van der Waals surface area (Å²) in [5, 5.41) is 12.4. The molecular formula is C22H28FN7O2S2. The van der Waals surface area contributed by atoms with Gasteiger partial charge in [-0.05, 0) is 44.1 Å². The number of hydrazone groups is 1. The molecule has 0 spiro atoms. The zero-order chi connectivity index (χ0) is 23.8. The smallest absolute Gasteiger partial charge is 0.324 e. The number of rotatable bonds is 6. The van der Waals surface area contributed by atoms with Crippen molar-refractivity contribution in [1.29, 1.82) is 0 Å². The van der Waals surface area contributed by atoms with Crippen molar-refractivity contribution in [3.8, 4) is 0 Å². The van der Waals surface area contributed by atoms with Crippen molar-refractivity contribution in [1.82, 2.24) is 20.1 Å². The van der Waals surface area contributed by atoms with Crippen LogP contribution in [0.3, 0.4) is 0 Å². The van der Waals surface area contributed by atoms with E-state index in [1.807, 2.05) is 12.3 Å². The van der Waals surface area contributed by atoms with Crippen molar-refractivity contribution >= 4 is 39.9 Å². The van der Waals surface area contributed by atoms with Gasteiger partial charge in [0.25, 0.3) is 5.23 Å². The monoisotopic (exact) mass is 505 g/mol. The number of amidine groups is 1. The number of nitrogens with zero attached hydrogens (tertiary/aromatic N) is 7. The zero-order valence-corrected chi connectivity index (χ0v) is 21.3. The third-order valence-electron chi connectivity index (χ3n) is 6.34. The Balaban J connectivity index is 1.13. The molecule has 182 valence electrons. The lowest BCUT2D eigenvalue weighted by molar-refractivity contribution is 0.124. The van der Waals surface area contributed by atoms with Crippen molar-refractivity contribution in [3.05, 3.63) is 29.5 Å². The molecule has 1 unspecified atom stereocenters. The molecule has 1 saturated heterocycles. The fourth-order valence-electron chi connectivity index (χ4n) is 4.25. The minimum absolute atomic E-state index is 0.0273. The molecular weight excluding hydrogens is 477 g/mol. The lowest BCUT2D eigenvalue weighted by Crippen LogP contribution is -2.38. The molecule has 3 aliphatic rings. The summed E-state index contributed by atoms with van der Waals surface area (Å²) >= 11 is 2.82. The molecule has 5 rings (SSSR count). The number of aliphatic imine (C=N–C) groups is 1. The molecule has 9 nitrogen and oxygen atoms in total. The van der Waals surface area contributed by atoms with Crippen molar-refractivity contribution in [2.45, 2.75) is 56.7 Å². The Morgan fingerprint density at radius 3 is 2.65 bits per heavy atom. The lowest BCUT2D eigenvalue weighted by Gasteiger charge is -2.33. The zero-order valence-electron chi connectivity index (χ0n) is 19.6. The lowest BCUT2D eigenvalue weighted by atomic mass is 9.92. The van der Waals surface area contributed by atoms with Crippen molar-refractivity contribution in [2.75, 3.05) is 30.8 Å². The van der Waals surface area contributed by atoms with E-state index in [9.17, 15) is 4.39 Å². The Labute approximate surface area is 206 Å². The minimum Gasteiger partial charge on any atom is -0.468 e. The Bertz CT molecular complexity index is 1100. The molecule has 2 aromatic rings. The maximum absolute atomic E-state index is 14.4. The molecule has 0 bridgehead atoms. The minimum atomic E-state index is -0.464. The van der Waals surface area contributed by atoms with Crippen LogP contribution >= 0.6 is 23.5 Å². The van der Waals surface area contributed by atoms with Gasteiger partial charge in [-0.15, -0.1) is 16.9 Å². The van der Waals surface area contributed by atoms with Gasteiger partial charge >= 0.3 is 6.01 Å². The molecule has 0 saturated carbocycles. The number of aromatic nitrogens is 3. The van der Waals surface area contributed by atoms with E-state index in [0.29, 0.717) is 34.3 Å². The first-order valence-corrected chi connectivity index (χ1v) is 13.5. The second-order valence-corrected chi connectivity index (χ2v) is 10.7. The Hall–Kier alpha value is -2.34. The Morgan fingerprint density at radius 2 is 2.00 bits per heavy atom. The van der Waals surface area contributed by atoms with Crippen LogP contribution in [0.5, 0.6) is 0 Å². The maximum atomic E-state index is 14.4. The predicted octanol–water partition coefficient (Wildman–Crippen LogP) is 4.50. The van der Waals surface area contributed by atoms with E-state index in [4.69, 9.17) is 9.26 Å². The van der Waals surface area contributed by atoms with E-state index in [0.717, 1.165) is 36.9 Å². The Kier molecular flexibility index (Phi) is 6.70. The summed E-state index contributed by atoms with van der Waals surface area (Å²) in [6.45, 7) is 8.40. The van der Waals surface area contributed by atoms with Crippen LogP contribution in [0.2, 0.25) is 0 Å². The summed E-state index contributed by atoms with van der Waals surface area (Å²) in [4.78, 5) is 15.3. The van der Waals surface area contributed by atoms with Gasteiger partial charge in [0.05, 0.1) is 11.6 Å². The summed E-state index contributed by atoms with van der Waals surface area (Å²) in [7, 11) is 0. The number of anilines is 1. The highest BCUT2D eigenvalue weighted by Gasteiger charge is 2.36. The molecule has 0 amide bonds. The number of halogens is 1. The molecule has 5 heterocycles. The molecule has 0 N–H and O–H groups in total. The van der Waals surface area contributed by atoms with Crippen LogP contribution in [0.4, 0.5) is 10.4 Å². The molecule has 12 heteroatoms. The molecule has 1 fully saturated rings. The van der Waals surface area contributed by atoms with Crippen LogP contribution in [0, 0.1) is 11.9 Å². The van der Waals surface area contributed by atoms with Gasteiger partial charge < -0.3 is 14.2 Å². The fourth-order valence-corrected chi connectivity index (χ4v) is 5.53. The number of ether oxygens (including phenoxy) is 1. The van der Waals surface area contributed by atoms with Gasteiger partial charge in [0.15, 0.2) is 11.0 Å². The molecule has 3 aliphatic heterocycles. The first kappa shape index (κ1) is 23.4. The third kappa shape index (κ3) is 4.74. The van der Waals surface area contributed by atoms with Crippen LogP contribution in [0.15, 0.2) is 31.8 Å². The molecule has 0 aliphatic carbocycles. The summed E-state index contributed by atoms with van der Waals surface area (Å²) in [5.74, 6) is 0.937. The Morgan fingerprint density at radius 1 is 1.21 bits per heavy atom. The highest BCUT2D eigenvalue weighted by molar-refractivity contribution is 8.26. The van der Waals surface area contributed by atoms with Crippen molar-refractivity contribution in [3.63, 3.8) is 0 Å². The van der Waals surface area contributed by atoms with E-state index in [2.05, 4.69) is 50.9 Å². The topological polar surface area (TPSA) is 92.2 Å². The number of pyridine rings is 1. The van der Waals surface area contributed by atoms with Gasteiger partial charge in [-0.3, -0.25) is 4.99 Å². The predicted molar refractivity (Wildman–Crippen MR) is 132 cm³/mol. The van der Waals surface area contributed by atoms with Gasteiger partial charge in [0.1, 0.15) is 12.1 Å². The van der Waals surface area contributed by atoms with E-state index in [1.54, 1.807) is 11.1 Å².